The fourth-order valence-electron chi connectivity index (χ4n) is 1.92. The van der Waals surface area contributed by atoms with E-state index in [0.717, 1.165) is 12.1 Å². The molecule has 0 saturated heterocycles. The lowest BCUT2D eigenvalue weighted by Crippen LogP contribution is -2.14. The van der Waals surface area contributed by atoms with Gasteiger partial charge in [-0.25, -0.2) is 4.98 Å². The number of alkyl halides is 3. The molecule has 0 aliphatic rings. The summed E-state index contributed by atoms with van der Waals surface area (Å²) >= 11 is 0. The van der Waals surface area contributed by atoms with E-state index < -0.39 is 11.7 Å². The summed E-state index contributed by atoms with van der Waals surface area (Å²) in [4.78, 5) is 7.08. The van der Waals surface area contributed by atoms with Crippen LogP contribution >= 0.6 is 0 Å². The number of hydrogen-bond donors (Lipinski definition) is 2. The zero-order valence-corrected chi connectivity index (χ0v) is 11.4. The van der Waals surface area contributed by atoms with E-state index in [0.29, 0.717) is 30.1 Å². The van der Waals surface area contributed by atoms with E-state index in [1.807, 2.05) is 0 Å². The summed E-state index contributed by atoms with van der Waals surface area (Å²) in [5.41, 5.74) is 6.15. The lowest BCUT2D eigenvalue weighted by Gasteiger charge is -2.08. The first-order valence-electron chi connectivity index (χ1n) is 6.39. The molecule has 0 aliphatic carbocycles. The number of benzene rings is 1. The van der Waals surface area contributed by atoms with Gasteiger partial charge in [0.05, 0.1) is 23.5 Å². The van der Waals surface area contributed by atoms with Gasteiger partial charge in [-0.3, -0.25) is 0 Å². The molecule has 0 spiro atoms. The Labute approximate surface area is 120 Å². The SMILES string of the molecule is COCCC(N)c1ncc(-c2cccc(C(F)(F)F)c2)[nH]1. The van der Waals surface area contributed by atoms with E-state index >= 15 is 0 Å². The van der Waals surface area contributed by atoms with Crippen LogP contribution in [0.3, 0.4) is 0 Å². The van der Waals surface area contributed by atoms with Gasteiger partial charge in [0.1, 0.15) is 5.82 Å². The molecule has 1 heterocycles. The van der Waals surface area contributed by atoms with E-state index in [2.05, 4.69) is 9.97 Å². The van der Waals surface area contributed by atoms with Crippen molar-refractivity contribution in [2.45, 2.75) is 18.6 Å². The standard InChI is InChI=1S/C14H16F3N3O/c1-21-6-5-11(18)13-19-8-12(20-13)9-3-2-4-10(7-9)14(15,16)17/h2-4,7-8,11H,5-6,18H2,1H3,(H,19,20). The summed E-state index contributed by atoms with van der Waals surface area (Å²) in [5.74, 6) is 0.527. The first kappa shape index (κ1) is 15.5. The van der Waals surface area contributed by atoms with Gasteiger partial charge in [-0.2, -0.15) is 13.2 Å². The number of aromatic nitrogens is 2. The summed E-state index contributed by atoms with van der Waals surface area (Å²) < 4.78 is 43.0. The third-order valence-corrected chi connectivity index (χ3v) is 3.08. The van der Waals surface area contributed by atoms with Crippen LogP contribution in [0.1, 0.15) is 23.9 Å². The Hall–Kier alpha value is -1.86. The van der Waals surface area contributed by atoms with Crippen LogP contribution < -0.4 is 5.73 Å². The number of imidazole rings is 1. The van der Waals surface area contributed by atoms with Gasteiger partial charge < -0.3 is 15.5 Å². The number of hydrogen-bond acceptors (Lipinski definition) is 3. The number of aromatic amines is 1. The molecule has 0 fully saturated rings. The zero-order chi connectivity index (χ0) is 15.5. The third-order valence-electron chi connectivity index (χ3n) is 3.08. The quantitative estimate of drug-likeness (QED) is 0.891. The molecule has 0 amide bonds. The van der Waals surface area contributed by atoms with Crippen LogP contribution in [-0.4, -0.2) is 23.7 Å². The second-order valence-electron chi connectivity index (χ2n) is 4.65. The van der Waals surface area contributed by atoms with Gasteiger partial charge in [0.2, 0.25) is 0 Å². The first-order chi connectivity index (χ1) is 9.91. The zero-order valence-electron chi connectivity index (χ0n) is 11.4. The lowest BCUT2D eigenvalue weighted by molar-refractivity contribution is -0.137. The maximum Gasteiger partial charge on any atom is 0.416 e. The van der Waals surface area contributed by atoms with Crippen LogP contribution in [0, 0.1) is 0 Å². The first-order valence-corrected chi connectivity index (χ1v) is 6.39. The predicted octanol–water partition coefficient (Wildman–Crippen LogP) is 3.13. The topological polar surface area (TPSA) is 63.9 Å². The normalized spacial score (nSPS) is 13.4. The Morgan fingerprint density at radius 1 is 1.38 bits per heavy atom. The van der Waals surface area contributed by atoms with Crippen molar-refractivity contribution in [2.75, 3.05) is 13.7 Å². The number of methoxy groups -OCH3 is 1. The van der Waals surface area contributed by atoms with Gasteiger partial charge in [0.25, 0.3) is 0 Å². The predicted molar refractivity (Wildman–Crippen MR) is 72.4 cm³/mol. The van der Waals surface area contributed by atoms with Crippen molar-refractivity contribution >= 4 is 0 Å². The largest absolute Gasteiger partial charge is 0.416 e. The van der Waals surface area contributed by atoms with E-state index in [9.17, 15) is 13.2 Å². The minimum Gasteiger partial charge on any atom is -0.385 e. The highest BCUT2D eigenvalue weighted by atomic mass is 19.4. The summed E-state index contributed by atoms with van der Waals surface area (Å²) in [6.07, 6.45) is -2.31. The van der Waals surface area contributed by atoms with Crippen LogP contribution in [-0.2, 0) is 10.9 Å². The van der Waals surface area contributed by atoms with Crippen molar-refractivity contribution in [1.29, 1.82) is 0 Å². The molecule has 0 saturated carbocycles. The number of halogens is 3. The molecule has 21 heavy (non-hydrogen) atoms. The second-order valence-corrected chi connectivity index (χ2v) is 4.65. The molecule has 0 aliphatic heterocycles. The Bertz CT molecular complexity index is 595. The van der Waals surface area contributed by atoms with Crippen molar-refractivity contribution in [3.63, 3.8) is 0 Å². The molecule has 1 aromatic heterocycles. The average molecular weight is 299 g/mol. The number of nitrogens with two attached hydrogens (primary N) is 1. The van der Waals surface area contributed by atoms with Crippen LogP contribution in [0.25, 0.3) is 11.3 Å². The van der Waals surface area contributed by atoms with Gasteiger partial charge in [-0.1, -0.05) is 12.1 Å². The molecule has 2 rings (SSSR count). The van der Waals surface area contributed by atoms with Crippen LogP contribution in [0.15, 0.2) is 30.5 Å². The minimum atomic E-state index is -4.37. The highest BCUT2D eigenvalue weighted by molar-refractivity contribution is 5.59. The second kappa shape index (κ2) is 6.28. The molecule has 2 aromatic rings. The Morgan fingerprint density at radius 2 is 2.14 bits per heavy atom. The Balaban J connectivity index is 2.22. The Kier molecular flexibility index (Phi) is 4.64. The monoisotopic (exact) mass is 299 g/mol. The summed E-state index contributed by atoms with van der Waals surface area (Å²) in [6.45, 7) is 0.487. The Morgan fingerprint density at radius 3 is 2.81 bits per heavy atom. The van der Waals surface area contributed by atoms with E-state index in [1.165, 1.54) is 12.3 Å². The van der Waals surface area contributed by atoms with Crippen molar-refractivity contribution in [2.24, 2.45) is 5.73 Å². The number of ether oxygens (including phenoxy) is 1. The molecular weight excluding hydrogens is 283 g/mol. The molecule has 3 N–H and O–H groups in total. The highest BCUT2D eigenvalue weighted by Gasteiger charge is 2.30. The smallest absolute Gasteiger partial charge is 0.385 e. The maximum atomic E-state index is 12.7. The highest BCUT2D eigenvalue weighted by Crippen LogP contribution is 2.31. The summed E-state index contributed by atoms with van der Waals surface area (Å²) in [5, 5.41) is 0. The van der Waals surface area contributed by atoms with Crippen LogP contribution in [0.4, 0.5) is 13.2 Å². The third kappa shape index (κ3) is 3.83. The van der Waals surface area contributed by atoms with Gasteiger partial charge >= 0.3 is 6.18 Å². The molecule has 1 unspecified atom stereocenters. The molecule has 0 radical (unpaired) electrons. The summed E-state index contributed by atoms with van der Waals surface area (Å²) in [7, 11) is 1.57. The molecule has 4 nitrogen and oxygen atoms in total. The van der Waals surface area contributed by atoms with Gasteiger partial charge in [-0.05, 0) is 18.6 Å². The molecule has 0 bridgehead atoms. The van der Waals surface area contributed by atoms with Gasteiger partial charge in [-0.15, -0.1) is 0 Å². The number of rotatable bonds is 5. The van der Waals surface area contributed by atoms with Gasteiger partial charge in [0.15, 0.2) is 0 Å². The van der Waals surface area contributed by atoms with Crippen molar-refractivity contribution in [3.05, 3.63) is 41.9 Å². The summed E-state index contributed by atoms with van der Waals surface area (Å²) in [6, 6.07) is 4.73. The fourth-order valence-corrected chi connectivity index (χ4v) is 1.92. The van der Waals surface area contributed by atoms with E-state index in [4.69, 9.17) is 10.5 Å². The lowest BCUT2D eigenvalue weighted by atomic mass is 10.1. The van der Waals surface area contributed by atoms with E-state index in [1.54, 1.807) is 13.2 Å². The van der Waals surface area contributed by atoms with Crippen LogP contribution in [0.5, 0.6) is 0 Å². The average Bonchev–Trinajstić information content (AvgIpc) is 2.94. The van der Waals surface area contributed by atoms with Crippen molar-refractivity contribution in [1.82, 2.24) is 9.97 Å². The maximum absolute atomic E-state index is 12.7. The van der Waals surface area contributed by atoms with E-state index in [-0.39, 0.29) is 6.04 Å². The fraction of sp³-hybridized carbons (Fsp3) is 0.357. The van der Waals surface area contributed by atoms with Gasteiger partial charge in [0, 0.05) is 19.3 Å². The van der Waals surface area contributed by atoms with Crippen LogP contribution in [0.2, 0.25) is 0 Å². The number of H-pyrrole nitrogens is 1. The number of nitrogens with zero attached hydrogens (tertiary/aromatic N) is 1. The minimum absolute atomic E-state index is 0.343. The molecular formula is C14H16F3N3O. The molecule has 1 atom stereocenters. The molecule has 114 valence electrons. The van der Waals surface area contributed by atoms with Crippen molar-refractivity contribution in [3.8, 4) is 11.3 Å². The molecule has 7 heteroatoms. The number of nitrogens with one attached hydrogen (secondary N) is 1. The molecule has 1 aromatic carbocycles. The van der Waals surface area contributed by atoms with Crippen molar-refractivity contribution < 1.29 is 17.9 Å².